The van der Waals surface area contributed by atoms with Crippen LogP contribution in [-0.4, -0.2) is 10.1 Å². The Morgan fingerprint density at radius 2 is 2.07 bits per heavy atom. The second-order valence-corrected chi connectivity index (χ2v) is 3.11. The largest absolute Gasteiger partial charge is 0.334 e. The van der Waals surface area contributed by atoms with Crippen LogP contribution in [0.4, 0.5) is 4.39 Å². The molecule has 0 saturated heterocycles. The van der Waals surface area contributed by atoms with Gasteiger partial charge in [-0.05, 0) is 37.6 Å². The predicted molar refractivity (Wildman–Crippen MR) is 49.2 cm³/mol. The molecule has 0 spiro atoms. The molecule has 0 amide bonds. The van der Waals surface area contributed by atoms with E-state index in [1.807, 2.05) is 0 Å². The van der Waals surface area contributed by atoms with Crippen LogP contribution >= 0.6 is 0 Å². The van der Waals surface area contributed by atoms with Crippen molar-refractivity contribution in [3.63, 3.8) is 0 Å². The Kier molecular flexibility index (Phi) is 2.04. The third kappa shape index (κ3) is 1.51. The van der Waals surface area contributed by atoms with E-state index >= 15 is 0 Å². The Hall–Kier alpha value is -1.71. The molecule has 0 saturated carbocycles. The van der Waals surface area contributed by atoms with Crippen molar-refractivity contribution in [2.45, 2.75) is 13.8 Å². The van der Waals surface area contributed by atoms with Gasteiger partial charge in [-0.25, -0.2) is 4.39 Å². The number of hydrogen-bond acceptors (Lipinski definition) is 3. The third-order valence-corrected chi connectivity index (χ3v) is 1.95. The molecule has 72 valence electrons. The Bertz CT molecular complexity index is 465. The number of benzene rings is 1. The third-order valence-electron chi connectivity index (χ3n) is 1.95. The Morgan fingerprint density at radius 1 is 1.29 bits per heavy atom. The van der Waals surface area contributed by atoms with Crippen LogP contribution in [0, 0.1) is 19.7 Å². The number of rotatable bonds is 1. The molecule has 0 unspecified atom stereocenters. The second kappa shape index (κ2) is 3.21. The number of aryl methyl sites for hydroxylation is 2. The fourth-order valence-electron chi connectivity index (χ4n) is 1.27. The van der Waals surface area contributed by atoms with E-state index in [1.54, 1.807) is 19.9 Å². The maximum absolute atomic E-state index is 12.8. The zero-order valence-electron chi connectivity index (χ0n) is 7.91. The van der Waals surface area contributed by atoms with Gasteiger partial charge in [0.25, 0.3) is 5.89 Å². The first kappa shape index (κ1) is 8.87. The topological polar surface area (TPSA) is 38.9 Å². The number of halogens is 1. The lowest BCUT2D eigenvalue weighted by molar-refractivity contribution is 0.425. The van der Waals surface area contributed by atoms with E-state index in [4.69, 9.17) is 4.52 Å². The number of hydrogen-bond donors (Lipinski definition) is 0. The van der Waals surface area contributed by atoms with Crippen LogP contribution in [0.25, 0.3) is 11.5 Å². The summed E-state index contributed by atoms with van der Waals surface area (Å²) in [6, 6.07) is 4.45. The molecule has 0 aliphatic heterocycles. The fraction of sp³-hybridized carbons (Fsp3) is 0.200. The van der Waals surface area contributed by atoms with Crippen LogP contribution in [0.2, 0.25) is 0 Å². The van der Waals surface area contributed by atoms with Crippen molar-refractivity contribution in [3.05, 3.63) is 35.4 Å². The van der Waals surface area contributed by atoms with Crippen LogP contribution in [0.5, 0.6) is 0 Å². The summed E-state index contributed by atoms with van der Waals surface area (Å²) in [6.45, 7) is 3.55. The van der Waals surface area contributed by atoms with Gasteiger partial charge < -0.3 is 4.52 Å². The van der Waals surface area contributed by atoms with E-state index in [2.05, 4.69) is 10.1 Å². The molecule has 0 aliphatic carbocycles. The zero-order valence-corrected chi connectivity index (χ0v) is 7.91. The summed E-state index contributed by atoms with van der Waals surface area (Å²) in [6.07, 6.45) is 0. The van der Waals surface area contributed by atoms with Gasteiger partial charge in [-0.2, -0.15) is 4.98 Å². The van der Waals surface area contributed by atoms with Crippen molar-refractivity contribution in [1.82, 2.24) is 10.1 Å². The van der Waals surface area contributed by atoms with Crippen molar-refractivity contribution < 1.29 is 8.91 Å². The van der Waals surface area contributed by atoms with Crippen LogP contribution in [0.3, 0.4) is 0 Å². The average molecular weight is 192 g/mol. The van der Waals surface area contributed by atoms with Crippen molar-refractivity contribution in [3.8, 4) is 11.5 Å². The quantitative estimate of drug-likeness (QED) is 0.696. The second-order valence-electron chi connectivity index (χ2n) is 3.11. The zero-order chi connectivity index (χ0) is 10.1. The van der Waals surface area contributed by atoms with E-state index in [0.717, 1.165) is 11.1 Å². The highest BCUT2D eigenvalue weighted by Crippen LogP contribution is 2.21. The lowest BCUT2D eigenvalue weighted by Crippen LogP contribution is -1.85. The first-order chi connectivity index (χ1) is 6.66. The number of nitrogens with zero attached hydrogens (tertiary/aromatic N) is 2. The minimum atomic E-state index is -0.262. The normalized spacial score (nSPS) is 10.5. The highest BCUT2D eigenvalue weighted by molar-refractivity contribution is 5.57. The molecule has 1 heterocycles. The van der Waals surface area contributed by atoms with E-state index in [0.29, 0.717) is 11.7 Å². The molecule has 0 radical (unpaired) electrons. The molecule has 0 fully saturated rings. The van der Waals surface area contributed by atoms with Gasteiger partial charge >= 0.3 is 0 Å². The fourth-order valence-corrected chi connectivity index (χ4v) is 1.27. The van der Waals surface area contributed by atoms with Crippen LogP contribution < -0.4 is 0 Å². The Morgan fingerprint density at radius 3 is 2.64 bits per heavy atom. The van der Waals surface area contributed by atoms with Gasteiger partial charge in [0.15, 0.2) is 5.82 Å². The van der Waals surface area contributed by atoms with Crippen molar-refractivity contribution in [1.29, 1.82) is 0 Å². The van der Waals surface area contributed by atoms with Gasteiger partial charge in [0.1, 0.15) is 5.82 Å². The SMILES string of the molecule is Cc1noc(-c2ccc(F)cc2C)n1. The molecule has 0 atom stereocenters. The van der Waals surface area contributed by atoms with Crippen molar-refractivity contribution in [2.24, 2.45) is 0 Å². The van der Waals surface area contributed by atoms with Gasteiger partial charge in [-0.1, -0.05) is 5.16 Å². The minimum absolute atomic E-state index is 0.262. The molecule has 4 heteroatoms. The maximum atomic E-state index is 12.8. The average Bonchev–Trinajstić information content (AvgIpc) is 2.51. The summed E-state index contributed by atoms with van der Waals surface area (Å²) in [5.41, 5.74) is 1.56. The molecule has 0 N–H and O–H groups in total. The summed E-state index contributed by atoms with van der Waals surface area (Å²) in [4.78, 5) is 4.07. The molecule has 0 bridgehead atoms. The van der Waals surface area contributed by atoms with Gasteiger partial charge in [-0.3, -0.25) is 0 Å². The van der Waals surface area contributed by atoms with Crippen molar-refractivity contribution in [2.75, 3.05) is 0 Å². The maximum Gasteiger partial charge on any atom is 0.258 e. The van der Waals surface area contributed by atoms with Crippen LogP contribution in [0.1, 0.15) is 11.4 Å². The van der Waals surface area contributed by atoms with Gasteiger partial charge in [-0.15, -0.1) is 0 Å². The van der Waals surface area contributed by atoms with Gasteiger partial charge in [0.2, 0.25) is 0 Å². The minimum Gasteiger partial charge on any atom is -0.334 e. The molecule has 0 aliphatic rings. The van der Waals surface area contributed by atoms with Gasteiger partial charge in [0.05, 0.1) is 0 Å². The summed E-state index contributed by atoms with van der Waals surface area (Å²) in [7, 11) is 0. The molecule has 3 nitrogen and oxygen atoms in total. The van der Waals surface area contributed by atoms with E-state index in [9.17, 15) is 4.39 Å². The number of aromatic nitrogens is 2. The summed E-state index contributed by atoms with van der Waals surface area (Å²) >= 11 is 0. The molecular formula is C10H9FN2O. The van der Waals surface area contributed by atoms with E-state index in [1.165, 1.54) is 12.1 Å². The van der Waals surface area contributed by atoms with Crippen LogP contribution in [0.15, 0.2) is 22.7 Å². The predicted octanol–water partition coefficient (Wildman–Crippen LogP) is 2.49. The summed E-state index contributed by atoms with van der Waals surface area (Å²) < 4.78 is 17.8. The first-order valence-corrected chi connectivity index (χ1v) is 4.23. The molecule has 2 rings (SSSR count). The lowest BCUT2D eigenvalue weighted by Gasteiger charge is -1.99. The van der Waals surface area contributed by atoms with Crippen LogP contribution in [-0.2, 0) is 0 Å². The molecule has 1 aromatic carbocycles. The summed E-state index contributed by atoms with van der Waals surface area (Å²) in [5, 5.41) is 3.68. The molecule has 2 aromatic rings. The van der Waals surface area contributed by atoms with E-state index in [-0.39, 0.29) is 5.82 Å². The summed E-state index contributed by atoms with van der Waals surface area (Å²) in [5.74, 6) is 0.742. The lowest BCUT2D eigenvalue weighted by atomic mass is 10.1. The Labute approximate surface area is 80.6 Å². The van der Waals surface area contributed by atoms with E-state index < -0.39 is 0 Å². The molecular weight excluding hydrogens is 183 g/mol. The highest BCUT2D eigenvalue weighted by atomic mass is 19.1. The first-order valence-electron chi connectivity index (χ1n) is 4.23. The molecule has 1 aromatic heterocycles. The Balaban J connectivity index is 2.52. The molecule has 14 heavy (non-hydrogen) atoms. The monoisotopic (exact) mass is 192 g/mol. The van der Waals surface area contributed by atoms with Gasteiger partial charge in [0, 0.05) is 5.56 Å². The smallest absolute Gasteiger partial charge is 0.258 e. The highest BCUT2D eigenvalue weighted by Gasteiger charge is 2.09. The standard InChI is InChI=1S/C10H9FN2O/c1-6-5-8(11)3-4-9(6)10-12-7(2)13-14-10/h3-5H,1-2H3. The van der Waals surface area contributed by atoms with Crippen molar-refractivity contribution >= 4 is 0 Å².